The average molecular weight is 163 g/mol. The molecule has 0 radical (unpaired) electrons. The molecule has 0 saturated heterocycles. The van der Waals surface area contributed by atoms with Gasteiger partial charge in [0.15, 0.2) is 0 Å². The number of rotatable bonds is 2. The standard InChI is InChI=1S/C10H13NO/c1-7-5-8(2)11-10(6-7)12-9-3-4-9/h5-6,9H,3-4H2,1-2H3. The highest BCUT2D eigenvalue weighted by atomic mass is 16.5. The summed E-state index contributed by atoms with van der Waals surface area (Å²) in [4.78, 5) is 4.29. The smallest absolute Gasteiger partial charge is 0.213 e. The molecule has 64 valence electrons. The van der Waals surface area contributed by atoms with Crippen LogP contribution in [0, 0.1) is 13.8 Å². The first kappa shape index (κ1) is 7.59. The van der Waals surface area contributed by atoms with Crippen LogP contribution in [0.25, 0.3) is 0 Å². The average Bonchev–Trinajstić information content (AvgIpc) is 2.68. The molecule has 0 bridgehead atoms. The lowest BCUT2D eigenvalue weighted by Gasteiger charge is -2.04. The van der Waals surface area contributed by atoms with E-state index in [1.165, 1.54) is 18.4 Å². The topological polar surface area (TPSA) is 22.1 Å². The van der Waals surface area contributed by atoms with Crippen molar-refractivity contribution in [3.8, 4) is 5.88 Å². The van der Waals surface area contributed by atoms with Gasteiger partial charge in [-0.2, -0.15) is 0 Å². The van der Waals surface area contributed by atoms with Gasteiger partial charge in [-0.25, -0.2) is 4.98 Å². The van der Waals surface area contributed by atoms with E-state index in [2.05, 4.69) is 18.0 Å². The van der Waals surface area contributed by atoms with Crippen LogP contribution in [0.1, 0.15) is 24.1 Å². The molecule has 0 N–H and O–H groups in total. The lowest BCUT2D eigenvalue weighted by molar-refractivity contribution is 0.290. The molecule has 1 fully saturated rings. The van der Waals surface area contributed by atoms with Crippen molar-refractivity contribution in [2.45, 2.75) is 32.8 Å². The van der Waals surface area contributed by atoms with Crippen molar-refractivity contribution >= 4 is 0 Å². The normalized spacial score (nSPS) is 16.2. The van der Waals surface area contributed by atoms with Crippen LogP contribution in [-0.2, 0) is 0 Å². The van der Waals surface area contributed by atoms with Crippen LogP contribution in [0.15, 0.2) is 12.1 Å². The molecule has 1 aromatic rings. The van der Waals surface area contributed by atoms with Gasteiger partial charge in [0.25, 0.3) is 0 Å². The Morgan fingerprint density at radius 3 is 2.67 bits per heavy atom. The Hall–Kier alpha value is -1.05. The third-order valence-corrected chi connectivity index (χ3v) is 1.89. The van der Waals surface area contributed by atoms with Gasteiger partial charge in [-0.1, -0.05) is 0 Å². The van der Waals surface area contributed by atoms with E-state index in [0.29, 0.717) is 6.10 Å². The zero-order valence-corrected chi connectivity index (χ0v) is 7.50. The fourth-order valence-corrected chi connectivity index (χ4v) is 1.22. The Kier molecular flexibility index (Phi) is 1.75. The zero-order valence-electron chi connectivity index (χ0n) is 7.50. The van der Waals surface area contributed by atoms with Crippen LogP contribution in [0.3, 0.4) is 0 Å². The van der Waals surface area contributed by atoms with Crippen LogP contribution in [-0.4, -0.2) is 11.1 Å². The number of hydrogen-bond donors (Lipinski definition) is 0. The van der Waals surface area contributed by atoms with Crippen molar-refractivity contribution in [3.63, 3.8) is 0 Å². The Bertz CT molecular complexity index is 272. The molecule has 2 nitrogen and oxygen atoms in total. The van der Waals surface area contributed by atoms with Crippen molar-refractivity contribution < 1.29 is 4.74 Å². The fraction of sp³-hybridized carbons (Fsp3) is 0.500. The van der Waals surface area contributed by atoms with Crippen LogP contribution < -0.4 is 4.74 Å². The van der Waals surface area contributed by atoms with Crippen molar-refractivity contribution in [3.05, 3.63) is 23.4 Å². The van der Waals surface area contributed by atoms with Gasteiger partial charge in [-0.05, 0) is 38.3 Å². The van der Waals surface area contributed by atoms with Gasteiger partial charge < -0.3 is 4.74 Å². The summed E-state index contributed by atoms with van der Waals surface area (Å²) in [6.45, 7) is 4.06. The highest BCUT2D eigenvalue weighted by Crippen LogP contribution is 2.25. The molecular formula is C10H13NO. The van der Waals surface area contributed by atoms with Crippen LogP contribution in [0.5, 0.6) is 5.88 Å². The molecule has 2 rings (SSSR count). The van der Waals surface area contributed by atoms with Crippen LogP contribution in [0.2, 0.25) is 0 Å². The number of aryl methyl sites for hydroxylation is 2. The van der Waals surface area contributed by atoms with E-state index in [9.17, 15) is 0 Å². The number of aromatic nitrogens is 1. The third kappa shape index (κ3) is 1.76. The lowest BCUT2D eigenvalue weighted by atomic mass is 10.2. The molecule has 1 heterocycles. The van der Waals surface area contributed by atoms with E-state index >= 15 is 0 Å². The van der Waals surface area contributed by atoms with Gasteiger partial charge in [0, 0.05) is 11.8 Å². The van der Waals surface area contributed by atoms with Crippen molar-refractivity contribution in [1.29, 1.82) is 0 Å². The molecule has 0 aliphatic heterocycles. The predicted molar refractivity (Wildman–Crippen MR) is 47.4 cm³/mol. The minimum atomic E-state index is 0.443. The summed E-state index contributed by atoms with van der Waals surface area (Å²) >= 11 is 0. The minimum Gasteiger partial charge on any atom is -0.474 e. The molecule has 0 atom stereocenters. The molecule has 12 heavy (non-hydrogen) atoms. The SMILES string of the molecule is Cc1cc(C)nc(OC2CC2)c1. The Balaban J connectivity index is 2.18. The summed E-state index contributed by atoms with van der Waals surface area (Å²) in [5, 5.41) is 0. The molecule has 2 heteroatoms. The van der Waals surface area contributed by atoms with Gasteiger partial charge in [0.2, 0.25) is 5.88 Å². The van der Waals surface area contributed by atoms with Gasteiger partial charge in [-0.3, -0.25) is 0 Å². The van der Waals surface area contributed by atoms with Gasteiger partial charge in [0.05, 0.1) is 0 Å². The summed E-state index contributed by atoms with van der Waals surface area (Å²) in [5.41, 5.74) is 2.25. The fourth-order valence-electron chi connectivity index (χ4n) is 1.22. The zero-order chi connectivity index (χ0) is 8.55. The predicted octanol–water partition coefficient (Wildman–Crippen LogP) is 2.24. The third-order valence-electron chi connectivity index (χ3n) is 1.89. The highest BCUT2D eigenvalue weighted by molar-refractivity contribution is 5.23. The lowest BCUT2D eigenvalue weighted by Crippen LogP contribution is -1.99. The van der Waals surface area contributed by atoms with Crippen LogP contribution >= 0.6 is 0 Å². The maximum absolute atomic E-state index is 5.58. The number of ether oxygens (including phenoxy) is 1. The van der Waals surface area contributed by atoms with E-state index in [0.717, 1.165) is 11.6 Å². The molecular weight excluding hydrogens is 150 g/mol. The second kappa shape index (κ2) is 2.77. The molecule has 1 aliphatic rings. The number of pyridine rings is 1. The monoisotopic (exact) mass is 163 g/mol. The molecule has 1 aliphatic carbocycles. The molecule has 1 aromatic heterocycles. The van der Waals surface area contributed by atoms with E-state index in [4.69, 9.17) is 4.74 Å². The van der Waals surface area contributed by atoms with E-state index in [1.807, 2.05) is 13.0 Å². The van der Waals surface area contributed by atoms with Gasteiger partial charge >= 0.3 is 0 Å². The van der Waals surface area contributed by atoms with Crippen molar-refractivity contribution in [1.82, 2.24) is 4.98 Å². The second-order valence-corrected chi connectivity index (χ2v) is 3.44. The highest BCUT2D eigenvalue weighted by Gasteiger charge is 2.23. The largest absolute Gasteiger partial charge is 0.474 e. The summed E-state index contributed by atoms with van der Waals surface area (Å²) in [5.74, 6) is 0.787. The van der Waals surface area contributed by atoms with E-state index < -0.39 is 0 Å². The quantitative estimate of drug-likeness (QED) is 0.667. The summed E-state index contributed by atoms with van der Waals surface area (Å²) in [7, 11) is 0. The number of hydrogen-bond acceptors (Lipinski definition) is 2. The molecule has 1 saturated carbocycles. The van der Waals surface area contributed by atoms with Gasteiger partial charge in [-0.15, -0.1) is 0 Å². The Morgan fingerprint density at radius 1 is 1.33 bits per heavy atom. The second-order valence-electron chi connectivity index (χ2n) is 3.44. The van der Waals surface area contributed by atoms with Crippen molar-refractivity contribution in [2.24, 2.45) is 0 Å². The van der Waals surface area contributed by atoms with Gasteiger partial charge in [0.1, 0.15) is 6.10 Å². The Labute approximate surface area is 72.6 Å². The summed E-state index contributed by atoms with van der Waals surface area (Å²) < 4.78 is 5.58. The first-order valence-electron chi connectivity index (χ1n) is 4.36. The molecule has 0 spiro atoms. The van der Waals surface area contributed by atoms with E-state index in [-0.39, 0.29) is 0 Å². The first-order valence-corrected chi connectivity index (χ1v) is 4.36. The van der Waals surface area contributed by atoms with Crippen molar-refractivity contribution in [2.75, 3.05) is 0 Å². The molecule has 0 aromatic carbocycles. The van der Waals surface area contributed by atoms with Crippen LogP contribution in [0.4, 0.5) is 0 Å². The maximum Gasteiger partial charge on any atom is 0.213 e. The first-order chi connectivity index (χ1) is 5.74. The summed E-state index contributed by atoms with van der Waals surface area (Å²) in [6.07, 6.45) is 2.82. The molecule has 0 amide bonds. The van der Waals surface area contributed by atoms with E-state index in [1.54, 1.807) is 0 Å². The Morgan fingerprint density at radius 2 is 2.08 bits per heavy atom. The molecule has 0 unspecified atom stereocenters. The summed E-state index contributed by atoms with van der Waals surface area (Å²) in [6, 6.07) is 4.05. The maximum atomic E-state index is 5.58. The minimum absolute atomic E-state index is 0.443. The number of nitrogens with zero attached hydrogens (tertiary/aromatic N) is 1.